The van der Waals surface area contributed by atoms with Crippen molar-refractivity contribution in [2.75, 3.05) is 13.2 Å². The average Bonchev–Trinajstić information content (AvgIpc) is 2.82. The molecule has 0 bridgehead atoms. The first-order chi connectivity index (χ1) is 16.3. The van der Waals surface area contributed by atoms with Crippen molar-refractivity contribution >= 4 is 23.9 Å². The predicted molar refractivity (Wildman–Crippen MR) is 121 cm³/mol. The van der Waals surface area contributed by atoms with Crippen LogP contribution in [0.25, 0.3) is 6.08 Å². The molecule has 0 unspecified atom stereocenters. The maximum atomic E-state index is 13.0. The van der Waals surface area contributed by atoms with E-state index in [-0.39, 0.29) is 43.1 Å². The summed E-state index contributed by atoms with van der Waals surface area (Å²) in [6, 6.07) is 14.9. The van der Waals surface area contributed by atoms with Gasteiger partial charge in [0.2, 0.25) is 0 Å². The number of carbonyl (C=O) groups excluding carboxylic acids is 3. The van der Waals surface area contributed by atoms with E-state index in [0.717, 1.165) is 10.5 Å². The Kier molecular flexibility index (Phi) is 7.93. The van der Waals surface area contributed by atoms with Gasteiger partial charge >= 0.3 is 5.97 Å². The van der Waals surface area contributed by atoms with Crippen molar-refractivity contribution in [3.63, 3.8) is 0 Å². The molecule has 0 saturated carbocycles. The molecule has 0 aliphatic carbocycles. The Balaban J connectivity index is 1.75. The number of benzene rings is 2. The van der Waals surface area contributed by atoms with Crippen molar-refractivity contribution < 1.29 is 28.2 Å². The van der Waals surface area contributed by atoms with E-state index in [1.807, 2.05) is 6.07 Å². The number of hydrogen-bond donors (Lipinski definition) is 0. The van der Waals surface area contributed by atoms with Crippen molar-refractivity contribution in [1.82, 2.24) is 4.90 Å². The number of hydrogen-bond acceptors (Lipinski definition) is 6. The van der Waals surface area contributed by atoms with Crippen LogP contribution in [0.3, 0.4) is 0 Å². The molecular formula is C26H23FN2O5. The van der Waals surface area contributed by atoms with Crippen LogP contribution in [-0.2, 0) is 25.7 Å². The largest absolute Gasteiger partial charge is 0.489 e. The summed E-state index contributed by atoms with van der Waals surface area (Å²) in [5, 5.41) is 9.47. The molecule has 0 spiro atoms. The van der Waals surface area contributed by atoms with Gasteiger partial charge in [0, 0.05) is 19.0 Å². The molecule has 2 aromatic rings. The Bertz CT molecular complexity index is 1190. The van der Waals surface area contributed by atoms with Crippen molar-refractivity contribution in [1.29, 1.82) is 5.26 Å². The molecule has 0 fully saturated rings. The van der Waals surface area contributed by atoms with E-state index in [2.05, 4.69) is 0 Å². The van der Waals surface area contributed by atoms with Crippen LogP contribution in [0.2, 0.25) is 0 Å². The highest BCUT2D eigenvalue weighted by Crippen LogP contribution is 2.27. The second-order valence-corrected chi connectivity index (χ2v) is 7.61. The lowest BCUT2D eigenvalue weighted by molar-refractivity contribution is -0.141. The molecule has 2 amide bonds. The summed E-state index contributed by atoms with van der Waals surface area (Å²) in [4.78, 5) is 37.6. The fourth-order valence-electron chi connectivity index (χ4n) is 3.35. The molecule has 8 heteroatoms. The van der Waals surface area contributed by atoms with E-state index in [1.54, 1.807) is 49.4 Å². The van der Waals surface area contributed by atoms with Gasteiger partial charge < -0.3 is 9.47 Å². The summed E-state index contributed by atoms with van der Waals surface area (Å²) >= 11 is 0. The molecule has 0 aromatic heterocycles. The summed E-state index contributed by atoms with van der Waals surface area (Å²) in [5.41, 5.74) is 1.96. The smallest absolute Gasteiger partial charge is 0.302 e. The van der Waals surface area contributed by atoms with E-state index in [0.29, 0.717) is 16.9 Å². The fraction of sp³-hybridized carbons (Fsp3) is 0.231. The summed E-state index contributed by atoms with van der Waals surface area (Å²) in [5.74, 6) is -1.34. The van der Waals surface area contributed by atoms with E-state index < -0.39 is 17.8 Å². The lowest BCUT2D eigenvalue weighted by atomic mass is 9.93. The number of rotatable bonds is 8. The molecule has 1 aliphatic rings. The van der Waals surface area contributed by atoms with E-state index in [4.69, 9.17) is 9.47 Å². The maximum absolute atomic E-state index is 13.0. The standard InChI is InChI=1S/C26H23FN2O5/c1-17-23(25(31)29(26(32)24(17)15-28)12-3-13-33-18(2)30)14-19-6-10-22(11-7-19)34-16-20-4-8-21(27)9-5-20/h4-11,14H,3,12-13,16H2,1-2H3/b23-14+. The van der Waals surface area contributed by atoms with Gasteiger partial charge in [0.15, 0.2) is 0 Å². The Labute approximate surface area is 196 Å². The molecule has 3 rings (SSSR count). The highest BCUT2D eigenvalue weighted by molar-refractivity contribution is 6.19. The fourth-order valence-corrected chi connectivity index (χ4v) is 3.35. The summed E-state index contributed by atoms with van der Waals surface area (Å²) < 4.78 is 23.6. The Morgan fingerprint density at radius 1 is 1.09 bits per heavy atom. The van der Waals surface area contributed by atoms with Gasteiger partial charge in [-0.3, -0.25) is 19.3 Å². The first kappa shape index (κ1) is 24.4. The highest BCUT2D eigenvalue weighted by atomic mass is 19.1. The number of imide groups is 1. The molecule has 0 saturated heterocycles. The molecule has 0 radical (unpaired) electrons. The van der Waals surface area contributed by atoms with E-state index in [9.17, 15) is 24.0 Å². The van der Waals surface area contributed by atoms with Gasteiger partial charge in [0.25, 0.3) is 11.8 Å². The van der Waals surface area contributed by atoms with Crippen molar-refractivity contribution in [2.24, 2.45) is 0 Å². The van der Waals surface area contributed by atoms with Gasteiger partial charge in [0.1, 0.15) is 29.8 Å². The van der Waals surface area contributed by atoms with Crippen LogP contribution in [0.4, 0.5) is 4.39 Å². The van der Waals surface area contributed by atoms with Gasteiger partial charge in [-0.1, -0.05) is 24.3 Å². The third kappa shape index (κ3) is 5.95. The quantitative estimate of drug-likeness (QED) is 0.255. The van der Waals surface area contributed by atoms with Crippen molar-refractivity contribution in [2.45, 2.75) is 26.9 Å². The van der Waals surface area contributed by atoms with Crippen LogP contribution in [-0.4, -0.2) is 35.8 Å². The van der Waals surface area contributed by atoms with Gasteiger partial charge in [0.05, 0.1) is 6.61 Å². The predicted octanol–water partition coefficient (Wildman–Crippen LogP) is 3.95. The van der Waals surface area contributed by atoms with Gasteiger partial charge in [-0.15, -0.1) is 0 Å². The van der Waals surface area contributed by atoms with Crippen LogP contribution in [0, 0.1) is 17.1 Å². The molecule has 174 valence electrons. The number of esters is 1. The molecular weight excluding hydrogens is 439 g/mol. The van der Waals surface area contributed by atoms with Crippen LogP contribution < -0.4 is 4.74 Å². The minimum absolute atomic E-state index is 0.0247. The third-order valence-corrected chi connectivity index (χ3v) is 5.17. The van der Waals surface area contributed by atoms with Crippen LogP contribution in [0.1, 0.15) is 31.4 Å². The zero-order chi connectivity index (χ0) is 24.7. The summed E-state index contributed by atoms with van der Waals surface area (Å²) in [6.45, 7) is 3.21. The van der Waals surface area contributed by atoms with Gasteiger partial charge in [-0.2, -0.15) is 5.26 Å². The molecule has 1 heterocycles. The molecule has 0 atom stereocenters. The molecule has 34 heavy (non-hydrogen) atoms. The monoisotopic (exact) mass is 462 g/mol. The SMILES string of the molecule is CC(=O)OCCCN1C(=O)C(C#N)=C(C)/C(=C\c2ccc(OCc3ccc(F)cc3)cc2)C1=O. The average molecular weight is 462 g/mol. The number of ether oxygens (including phenoxy) is 2. The normalized spacial score (nSPS) is 14.9. The number of halogens is 1. The second-order valence-electron chi connectivity index (χ2n) is 7.61. The first-order valence-corrected chi connectivity index (χ1v) is 10.6. The number of carbonyl (C=O) groups is 3. The topological polar surface area (TPSA) is 96.7 Å². The van der Waals surface area contributed by atoms with Crippen LogP contribution >= 0.6 is 0 Å². The molecule has 0 N–H and O–H groups in total. The third-order valence-electron chi connectivity index (χ3n) is 5.17. The van der Waals surface area contributed by atoms with Crippen LogP contribution in [0.5, 0.6) is 5.75 Å². The Hall–Kier alpha value is -4.25. The van der Waals surface area contributed by atoms with Crippen molar-refractivity contribution in [3.05, 3.63) is 82.2 Å². The number of amides is 2. The minimum atomic E-state index is -0.658. The summed E-state index contributed by atoms with van der Waals surface area (Å²) in [7, 11) is 0. The van der Waals surface area contributed by atoms with E-state index >= 15 is 0 Å². The van der Waals surface area contributed by atoms with Crippen molar-refractivity contribution in [3.8, 4) is 11.8 Å². The number of nitrogens with zero attached hydrogens (tertiary/aromatic N) is 2. The van der Waals surface area contributed by atoms with E-state index in [1.165, 1.54) is 19.1 Å². The molecule has 1 aliphatic heterocycles. The zero-order valence-corrected chi connectivity index (χ0v) is 18.8. The van der Waals surface area contributed by atoms with Gasteiger partial charge in [-0.25, -0.2) is 4.39 Å². The minimum Gasteiger partial charge on any atom is -0.489 e. The Morgan fingerprint density at radius 2 is 1.76 bits per heavy atom. The highest BCUT2D eigenvalue weighted by Gasteiger charge is 2.35. The second kappa shape index (κ2) is 11.1. The molecule has 7 nitrogen and oxygen atoms in total. The lowest BCUT2D eigenvalue weighted by Crippen LogP contribution is -2.43. The Morgan fingerprint density at radius 3 is 2.38 bits per heavy atom. The zero-order valence-electron chi connectivity index (χ0n) is 18.8. The number of nitriles is 1. The lowest BCUT2D eigenvalue weighted by Gasteiger charge is -2.27. The summed E-state index contributed by atoms with van der Waals surface area (Å²) in [6.07, 6.45) is 1.88. The van der Waals surface area contributed by atoms with Gasteiger partial charge in [-0.05, 0) is 60.4 Å². The first-order valence-electron chi connectivity index (χ1n) is 10.6. The van der Waals surface area contributed by atoms with Crippen LogP contribution in [0.15, 0.2) is 65.3 Å². The maximum Gasteiger partial charge on any atom is 0.302 e. The molecule has 2 aromatic carbocycles.